The molecule has 0 saturated carbocycles. The van der Waals surface area contributed by atoms with Gasteiger partial charge in [-0.05, 0) is 60.9 Å². The van der Waals surface area contributed by atoms with Gasteiger partial charge in [0.05, 0.1) is 30.5 Å². The molecule has 4 rings (SSSR count). The van der Waals surface area contributed by atoms with Crippen LogP contribution in [0.4, 0.5) is 0 Å². The SMILES string of the molecule is COC(=O)c1ccccc1CCCOc1ccccc1C=Cc1ccc2ccc(Cl)cc2n1. The fourth-order valence-electron chi connectivity index (χ4n) is 3.62. The number of carbonyl (C=O) groups is 1. The lowest BCUT2D eigenvalue weighted by atomic mass is 10.0. The third-order valence-electron chi connectivity index (χ3n) is 5.30. The standard InChI is InChI=1S/C28H24ClNO3/c1-32-28(31)25-10-4-2-7-20(25)9-6-18-33-27-11-5-3-8-22(27)14-17-24-16-13-21-12-15-23(29)19-26(21)30-24/h2-5,7-8,10-17,19H,6,9,18H2,1H3. The molecule has 0 atom stereocenters. The molecule has 4 aromatic rings. The minimum Gasteiger partial charge on any atom is -0.493 e. The number of esters is 1. The van der Waals surface area contributed by atoms with Crippen LogP contribution in [-0.4, -0.2) is 24.7 Å². The van der Waals surface area contributed by atoms with Crippen LogP contribution in [0.2, 0.25) is 5.02 Å². The molecular formula is C28H24ClNO3. The molecular weight excluding hydrogens is 434 g/mol. The van der Waals surface area contributed by atoms with Crippen LogP contribution < -0.4 is 4.74 Å². The predicted molar refractivity (Wildman–Crippen MR) is 134 cm³/mol. The number of para-hydroxylation sites is 1. The summed E-state index contributed by atoms with van der Waals surface area (Å²) in [4.78, 5) is 16.6. The molecule has 0 radical (unpaired) electrons. The number of nitrogens with zero attached hydrogens (tertiary/aromatic N) is 1. The van der Waals surface area contributed by atoms with Crippen molar-refractivity contribution in [3.8, 4) is 5.75 Å². The molecule has 0 amide bonds. The summed E-state index contributed by atoms with van der Waals surface area (Å²) in [5, 5.41) is 1.72. The van der Waals surface area contributed by atoms with Gasteiger partial charge < -0.3 is 9.47 Å². The van der Waals surface area contributed by atoms with Crippen LogP contribution in [0.15, 0.2) is 78.9 Å². The second-order valence-corrected chi connectivity index (χ2v) is 7.98. The van der Waals surface area contributed by atoms with E-state index in [1.165, 1.54) is 7.11 Å². The number of hydrogen-bond donors (Lipinski definition) is 0. The number of aryl methyl sites for hydroxylation is 1. The van der Waals surface area contributed by atoms with Gasteiger partial charge in [0, 0.05) is 16.0 Å². The maximum Gasteiger partial charge on any atom is 0.338 e. The van der Waals surface area contributed by atoms with Crippen LogP contribution in [-0.2, 0) is 11.2 Å². The summed E-state index contributed by atoms with van der Waals surface area (Å²) in [5.74, 6) is 0.491. The average Bonchev–Trinajstić information content (AvgIpc) is 2.85. The van der Waals surface area contributed by atoms with Crippen LogP contribution in [0, 0.1) is 0 Å². The van der Waals surface area contributed by atoms with E-state index in [1.54, 1.807) is 6.07 Å². The van der Waals surface area contributed by atoms with Gasteiger partial charge in [0.2, 0.25) is 0 Å². The Bertz CT molecular complexity index is 1300. The highest BCUT2D eigenvalue weighted by atomic mass is 35.5. The second-order valence-electron chi connectivity index (χ2n) is 7.55. The Hall–Kier alpha value is -3.63. The molecule has 3 aromatic carbocycles. The molecule has 33 heavy (non-hydrogen) atoms. The van der Waals surface area contributed by atoms with Gasteiger partial charge in [0.1, 0.15) is 5.75 Å². The van der Waals surface area contributed by atoms with Gasteiger partial charge in [0.15, 0.2) is 0 Å². The molecule has 0 saturated heterocycles. The highest BCUT2D eigenvalue weighted by molar-refractivity contribution is 6.31. The topological polar surface area (TPSA) is 48.4 Å². The average molecular weight is 458 g/mol. The number of fused-ring (bicyclic) bond motifs is 1. The van der Waals surface area contributed by atoms with Crippen molar-refractivity contribution in [1.29, 1.82) is 0 Å². The number of pyridine rings is 1. The van der Waals surface area contributed by atoms with Crippen molar-refractivity contribution >= 4 is 40.6 Å². The number of halogens is 1. The predicted octanol–water partition coefficient (Wildman–Crippen LogP) is 6.86. The Balaban J connectivity index is 1.41. The summed E-state index contributed by atoms with van der Waals surface area (Å²) in [5.41, 5.74) is 4.25. The molecule has 0 unspecified atom stereocenters. The minimum absolute atomic E-state index is 0.313. The second kappa shape index (κ2) is 10.8. The summed E-state index contributed by atoms with van der Waals surface area (Å²) in [6.45, 7) is 0.535. The maximum atomic E-state index is 11.9. The summed E-state index contributed by atoms with van der Waals surface area (Å²) in [6, 6.07) is 25.1. The quantitative estimate of drug-likeness (QED) is 0.214. The fourth-order valence-corrected chi connectivity index (χ4v) is 3.78. The van der Waals surface area contributed by atoms with E-state index in [0.29, 0.717) is 17.2 Å². The molecule has 0 aliphatic rings. The molecule has 0 spiro atoms. The van der Waals surface area contributed by atoms with Crippen LogP contribution in [0.25, 0.3) is 23.1 Å². The zero-order valence-electron chi connectivity index (χ0n) is 18.3. The van der Waals surface area contributed by atoms with Crippen molar-refractivity contribution in [3.63, 3.8) is 0 Å². The lowest BCUT2D eigenvalue weighted by Gasteiger charge is -2.11. The van der Waals surface area contributed by atoms with Gasteiger partial charge >= 0.3 is 5.97 Å². The van der Waals surface area contributed by atoms with Gasteiger partial charge in [-0.3, -0.25) is 0 Å². The van der Waals surface area contributed by atoms with Crippen LogP contribution in [0.5, 0.6) is 5.75 Å². The number of benzene rings is 3. The Morgan fingerprint density at radius 1 is 0.970 bits per heavy atom. The Morgan fingerprint density at radius 3 is 2.64 bits per heavy atom. The van der Waals surface area contributed by atoms with E-state index in [0.717, 1.165) is 46.3 Å². The molecule has 1 aromatic heterocycles. The lowest BCUT2D eigenvalue weighted by Crippen LogP contribution is -2.07. The van der Waals surface area contributed by atoms with E-state index in [2.05, 4.69) is 4.98 Å². The maximum absolute atomic E-state index is 11.9. The molecule has 0 aliphatic heterocycles. The Kier molecular flexibility index (Phi) is 7.38. The molecule has 0 fully saturated rings. The zero-order chi connectivity index (χ0) is 23.0. The molecule has 0 N–H and O–H groups in total. The number of hydrogen-bond acceptors (Lipinski definition) is 4. The largest absolute Gasteiger partial charge is 0.493 e. The first-order valence-corrected chi connectivity index (χ1v) is 11.1. The van der Waals surface area contributed by atoms with E-state index in [4.69, 9.17) is 21.1 Å². The van der Waals surface area contributed by atoms with Crippen molar-refractivity contribution in [1.82, 2.24) is 4.98 Å². The zero-order valence-corrected chi connectivity index (χ0v) is 19.1. The smallest absolute Gasteiger partial charge is 0.338 e. The Labute approximate surface area is 198 Å². The molecule has 0 bridgehead atoms. The number of rotatable bonds is 8. The van der Waals surface area contributed by atoms with E-state index in [1.807, 2.05) is 84.9 Å². The monoisotopic (exact) mass is 457 g/mol. The van der Waals surface area contributed by atoms with E-state index in [-0.39, 0.29) is 5.97 Å². The van der Waals surface area contributed by atoms with Crippen molar-refractivity contribution < 1.29 is 14.3 Å². The van der Waals surface area contributed by atoms with Crippen molar-refractivity contribution in [2.75, 3.05) is 13.7 Å². The Morgan fingerprint density at radius 2 is 1.76 bits per heavy atom. The first kappa shape index (κ1) is 22.6. The van der Waals surface area contributed by atoms with Crippen LogP contribution in [0.1, 0.15) is 33.6 Å². The molecule has 5 heteroatoms. The van der Waals surface area contributed by atoms with Crippen molar-refractivity contribution in [2.24, 2.45) is 0 Å². The number of carbonyl (C=O) groups excluding carboxylic acids is 1. The van der Waals surface area contributed by atoms with Gasteiger partial charge in [-0.1, -0.05) is 60.1 Å². The number of aromatic nitrogens is 1. The third kappa shape index (κ3) is 5.79. The van der Waals surface area contributed by atoms with E-state index >= 15 is 0 Å². The highest BCUT2D eigenvalue weighted by Gasteiger charge is 2.10. The van der Waals surface area contributed by atoms with Gasteiger partial charge in [0.25, 0.3) is 0 Å². The fraction of sp³-hybridized carbons (Fsp3) is 0.143. The summed E-state index contributed by atoms with van der Waals surface area (Å²) < 4.78 is 10.9. The van der Waals surface area contributed by atoms with Gasteiger partial charge in [-0.25, -0.2) is 9.78 Å². The molecule has 1 heterocycles. The van der Waals surface area contributed by atoms with Crippen LogP contribution >= 0.6 is 11.6 Å². The minimum atomic E-state index is -0.313. The number of methoxy groups -OCH3 is 1. The van der Waals surface area contributed by atoms with E-state index in [9.17, 15) is 4.79 Å². The molecule has 166 valence electrons. The lowest BCUT2D eigenvalue weighted by molar-refractivity contribution is 0.0599. The van der Waals surface area contributed by atoms with Crippen LogP contribution in [0.3, 0.4) is 0 Å². The van der Waals surface area contributed by atoms with Gasteiger partial charge in [-0.15, -0.1) is 0 Å². The first-order valence-electron chi connectivity index (χ1n) is 10.8. The summed E-state index contributed by atoms with van der Waals surface area (Å²) in [7, 11) is 1.40. The van der Waals surface area contributed by atoms with Crippen molar-refractivity contribution in [3.05, 3.63) is 106 Å². The highest BCUT2D eigenvalue weighted by Crippen LogP contribution is 2.23. The summed E-state index contributed by atoms with van der Waals surface area (Å²) >= 11 is 6.10. The molecule has 0 aliphatic carbocycles. The van der Waals surface area contributed by atoms with E-state index < -0.39 is 0 Å². The molecule has 4 nitrogen and oxygen atoms in total. The van der Waals surface area contributed by atoms with Gasteiger partial charge in [-0.2, -0.15) is 0 Å². The summed E-state index contributed by atoms with van der Waals surface area (Å²) in [6.07, 6.45) is 5.47. The first-order chi connectivity index (χ1) is 16.1. The number of ether oxygens (including phenoxy) is 2. The van der Waals surface area contributed by atoms with Crippen molar-refractivity contribution in [2.45, 2.75) is 12.8 Å². The normalized spacial score (nSPS) is 11.1. The third-order valence-corrected chi connectivity index (χ3v) is 5.53.